The van der Waals surface area contributed by atoms with Gasteiger partial charge in [-0.2, -0.15) is 0 Å². The lowest BCUT2D eigenvalue weighted by Crippen LogP contribution is -2.47. The minimum absolute atomic E-state index is 0.0645. The number of esters is 1. The molecular formula is C19H24N2O6. The van der Waals surface area contributed by atoms with E-state index in [2.05, 4.69) is 0 Å². The van der Waals surface area contributed by atoms with Crippen LogP contribution in [0.3, 0.4) is 0 Å². The van der Waals surface area contributed by atoms with Gasteiger partial charge in [0.15, 0.2) is 0 Å². The van der Waals surface area contributed by atoms with Crippen LogP contribution in [0.2, 0.25) is 0 Å². The maximum Gasteiger partial charge on any atom is 0.314 e. The number of carbonyl (C=O) groups is 1. The molecule has 8 nitrogen and oxygen atoms in total. The number of nitro benzene ring substituents is 1. The number of aliphatic hydroxyl groups is 1. The van der Waals surface area contributed by atoms with Gasteiger partial charge in [0.2, 0.25) is 6.23 Å². The van der Waals surface area contributed by atoms with Crippen LogP contribution in [-0.4, -0.2) is 33.3 Å². The van der Waals surface area contributed by atoms with Crippen molar-refractivity contribution in [3.8, 4) is 5.75 Å². The first kappa shape index (κ1) is 20.4. The van der Waals surface area contributed by atoms with Gasteiger partial charge in [0.25, 0.3) is 5.69 Å². The molecule has 0 aliphatic heterocycles. The highest BCUT2D eigenvalue weighted by Crippen LogP contribution is 2.35. The van der Waals surface area contributed by atoms with E-state index in [1.165, 1.54) is 24.3 Å². The molecule has 2 rings (SSSR count). The molecule has 0 fully saturated rings. The molecule has 8 heteroatoms. The molecule has 1 aromatic carbocycles. The van der Waals surface area contributed by atoms with E-state index < -0.39 is 28.6 Å². The van der Waals surface area contributed by atoms with Crippen LogP contribution < -0.4 is 4.74 Å². The molecule has 3 atom stereocenters. The van der Waals surface area contributed by atoms with Crippen molar-refractivity contribution in [2.24, 2.45) is 5.41 Å². The summed E-state index contributed by atoms with van der Waals surface area (Å²) < 4.78 is 12.7. The number of ether oxygens (including phenoxy) is 2. The van der Waals surface area contributed by atoms with E-state index in [4.69, 9.17) is 9.47 Å². The van der Waals surface area contributed by atoms with Gasteiger partial charge >= 0.3 is 5.97 Å². The van der Waals surface area contributed by atoms with Crippen LogP contribution in [0.15, 0.2) is 48.8 Å². The average Bonchev–Trinajstić information content (AvgIpc) is 3.19. The summed E-state index contributed by atoms with van der Waals surface area (Å²) in [6.45, 7) is 5.33. The van der Waals surface area contributed by atoms with Gasteiger partial charge in [0, 0.05) is 24.5 Å². The smallest absolute Gasteiger partial charge is 0.314 e. The van der Waals surface area contributed by atoms with Crippen LogP contribution in [0, 0.1) is 15.5 Å². The number of carbonyl (C=O) groups excluding carboxylic acids is 1. The molecule has 0 radical (unpaired) electrons. The number of non-ortho nitro benzene ring substituents is 1. The maximum atomic E-state index is 12.5. The Hall–Kier alpha value is -2.87. The van der Waals surface area contributed by atoms with E-state index in [0.717, 1.165) is 0 Å². The van der Waals surface area contributed by atoms with E-state index in [-0.39, 0.29) is 12.3 Å². The topological polar surface area (TPSA) is 104 Å². The molecule has 1 N–H and O–H groups in total. The number of nitro groups is 1. The lowest BCUT2D eigenvalue weighted by Gasteiger charge is -2.36. The van der Waals surface area contributed by atoms with Crippen molar-refractivity contribution in [3.05, 3.63) is 58.9 Å². The number of aromatic nitrogens is 1. The number of benzene rings is 1. The standard InChI is InChI=1S/C19H24N2O6/c1-4-19(3,18(23)26-5-2)16(22)17(20-12-6-7-13-20)27-15-10-8-14(9-11-15)21(24)25/h6-13,16-17,22H,4-5H2,1-3H3. The summed E-state index contributed by atoms with van der Waals surface area (Å²) in [5, 5.41) is 21.9. The third-order valence-corrected chi connectivity index (χ3v) is 4.62. The molecule has 0 aliphatic rings. The molecule has 0 aliphatic carbocycles. The van der Waals surface area contributed by atoms with Crippen molar-refractivity contribution in [1.82, 2.24) is 4.57 Å². The predicted molar refractivity (Wildman–Crippen MR) is 98.2 cm³/mol. The Bertz CT molecular complexity index is 759. The zero-order chi connectivity index (χ0) is 20.0. The highest BCUT2D eigenvalue weighted by Gasteiger charge is 2.46. The Kier molecular flexibility index (Phi) is 6.57. The van der Waals surface area contributed by atoms with Crippen molar-refractivity contribution < 1.29 is 24.3 Å². The van der Waals surface area contributed by atoms with Crippen LogP contribution in [0.1, 0.15) is 33.4 Å². The zero-order valence-corrected chi connectivity index (χ0v) is 15.6. The first-order valence-corrected chi connectivity index (χ1v) is 8.72. The summed E-state index contributed by atoms with van der Waals surface area (Å²) in [6.07, 6.45) is 1.62. The number of nitrogens with zero attached hydrogens (tertiary/aromatic N) is 2. The third-order valence-electron chi connectivity index (χ3n) is 4.62. The lowest BCUT2D eigenvalue weighted by atomic mass is 9.80. The highest BCUT2D eigenvalue weighted by molar-refractivity contribution is 5.77. The van der Waals surface area contributed by atoms with Gasteiger partial charge in [0.1, 0.15) is 11.9 Å². The Morgan fingerprint density at radius 1 is 1.26 bits per heavy atom. The van der Waals surface area contributed by atoms with Crippen LogP contribution in [-0.2, 0) is 9.53 Å². The summed E-state index contributed by atoms with van der Waals surface area (Å²) in [4.78, 5) is 22.8. The summed E-state index contributed by atoms with van der Waals surface area (Å²) >= 11 is 0. The largest absolute Gasteiger partial charge is 0.467 e. The summed E-state index contributed by atoms with van der Waals surface area (Å²) in [7, 11) is 0. The van der Waals surface area contributed by atoms with E-state index in [1.54, 1.807) is 49.9 Å². The van der Waals surface area contributed by atoms with Crippen LogP contribution >= 0.6 is 0 Å². The molecule has 1 heterocycles. The van der Waals surface area contributed by atoms with Crippen molar-refractivity contribution in [3.63, 3.8) is 0 Å². The van der Waals surface area contributed by atoms with Gasteiger partial charge in [-0.1, -0.05) is 6.92 Å². The normalized spacial score (nSPS) is 15.4. The SMILES string of the molecule is CCOC(=O)C(C)(CC)C(O)C(Oc1ccc([N+](=O)[O-])cc1)n1cccc1. The van der Waals surface area contributed by atoms with Crippen LogP contribution in [0.25, 0.3) is 0 Å². The first-order chi connectivity index (χ1) is 12.8. The summed E-state index contributed by atoms with van der Waals surface area (Å²) in [6, 6.07) is 9.08. The number of hydrogen-bond acceptors (Lipinski definition) is 6. The molecule has 0 spiro atoms. The molecule has 2 aromatic rings. The fourth-order valence-electron chi connectivity index (χ4n) is 2.68. The minimum Gasteiger partial charge on any atom is -0.467 e. The number of rotatable bonds is 9. The Balaban J connectivity index is 2.34. The van der Waals surface area contributed by atoms with Gasteiger partial charge in [0.05, 0.1) is 16.9 Å². The zero-order valence-electron chi connectivity index (χ0n) is 15.6. The molecule has 27 heavy (non-hydrogen) atoms. The van der Waals surface area contributed by atoms with E-state index in [1.807, 2.05) is 0 Å². The first-order valence-electron chi connectivity index (χ1n) is 8.72. The highest BCUT2D eigenvalue weighted by atomic mass is 16.6. The monoisotopic (exact) mass is 376 g/mol. The van der Waals surface area contributed by atoms with E-state index in [9.17, 15) is 20.0 Å². The quantitative estimate of drug-likeness (QED) is 0.409. The minimum atomic E-state index is -1.22. The van der Waals surface area contributed by atoms with Gasteiger partial charge in [-0.15, -0.1) is 0 Å². The molecule has 0 bridgehead atoms. The van der Waals surface area contributed by atoms with Gasteiger partial charge in [-0.05, 0) is 44.5 Å². The fraction of sp³-hybridized carbons (Fsp3) is 0.421. The second kappa shape index (κ2) is 8.68. The molecule has 0 saturated heterocycles. The second-order valence-corrected chi connectivity index (χ2v) is 6.33. The van der Waals surface area contributed by atoms with Gasteiger partial charge < -0.3 is 19.1 Å². The second-order valence-electron chi connectivity index (χ2n) is 6.33. The fourth-order valence-corrected chi connectivity index (χ4v) is 2.68. The van der Waals surface area contributed by atoms with Crippen molar-refractivity contribution in [2.45, 2.75) is 39.5 Å². The van der Waals surface area contributed by atoms with Gasteiger partial charge in [-0.3, -0.25) is 14.9 Å². The van der Waals surface area contributed by atoms with Crippen LogP contribution in [0.4, 0.5) is 5.69 Å². The Morgan fingerprint density at radius 3 is 2.33 bits per heavy atom. The molecule has 0 saturated carbocycles. The lowest BCUT2D eigenvalue weighted by molar-refractivity contribution is -0.384. The van der Waals surface area contributed by atoms with E-state index in [0.29, 0.717) is 12.2 Å². The van der Waals surface area contributed by atoms with Crippen molar-refractivity contribution in [1.29, 1.82) is 0 Å². The molecule has 3 unspecified atom stereocenters. The Labute approximate surface area is 157 Å². The molecular weight excluding hydrogens is 352 g/mol. The van der Waals surface area contributed by atoms with Crippen molar-refractivity contribution >= 4 is 11.7 Å². The number of hydrogen-bond donors (Lipinski definition) is 1. The van der Waals surface area contributed by atoms with E-state index >= 15 is 0 Å². The molecule has 1 aromatic heterocycles. The van der Waals surface area contributed by atoms with Crippen molar-refractivity contribution in [2.75, 3.05) is 6.61 Å². The summed E-state index contributed by atoms with van der Waals surface area (Å²) in [5.41, 5.74) is -1.25. The number of aliphatic hydroxyl groups excluding tert-OH is 1. The summed E-state index contributed by atoms with van der Waals surface area (Å²) in [5.74, 6) is -0.176. The average molecular weight is 376 g/mol. The van der Waals surface area contributed by atoms with Crippen LogP contribution in [0.5, 0.6) is 5.75 Å². The Morgan fingerprint density at radius 2 is 1.85 bits per heavy atom. The third kappa shape index (κ3) is 4.46. The maximum absolute atomic E-state index is 12.5. The van der Waals surface area contributed by atoms with Gasteiger partial charge in [-0.25, -0.2) is 0 Å². The molecule has 0 amide bonds. The molecule has 146 valence electrons. The predicted octanol–water partition coefficient (Wildman–Crippen LogP) is 3.31.